The Labute approximate surface area is 103 Å². The predicted octanol–water partition coefficient (Wildman–Crippen LogP) is 3.78. The van der Waals surface area contributed by atoms with Crippen molar-refractivity contribution in [2.24, 2.45) is 0 Å². The zero-order valence-corrected chi connectivity index (χ0v) is 10.3. The molecule has 0 atom stereocenters. The minimum absolute atomic E-state index is 0.671. The van der Waals surface area contributed by atoms with Gasteiger partial charge in [-0.1, -0.05) is 34.1 Å². The summed E-state index contributed by atoms with van der Waals surface area (Å²) in [6.07, 6.45) is 4.40. The zero-order valence-electron chi connectivity index (χ0n) is 8.73. The van der Waals surface area contributed by atoms with Crippen LogP contribution in [0, 0.1) is 0 Å². The number of aromatic nitrogens is 2. The Kier molecular flexibility index (Phi) is 2.48. The topological polar surface area (TPSA) is 25.8 Å². The molecule has 2 aromatic rings. The molecule has 0 unspecified atom stereocenters. The quantitative estimate of drug-likeness (QED) is 0.833. The molecule has 3 rings (SSSR count). The van der Waals surface area contributed by atoms with Gasteiger partial charge in [0.25, 0.3) is 0 Å². The average molecular weight is 275 g/mol. The summed E-state index contributed by atoms with van der Waals surface area (Å²) in [7, 11) is 0. The van der Waals surface area contributed by atoms with Crippen molar-refractivity contribution in [3.05, 3.63) is 46.7 Å². The van der Waals surface area contributed by atoms with Crippen molar-refractivity contribution in [1.82, 2.24) is 9.97 Å². The van der Waals surface area contributed by atoms with Gasteiger partial charge in [0.15, 0.2) is 5.82 Å². The van der Waals surface area contributed by atoms with Gasteiger partial charge < -0.3 is 0 Å². The van der Waals surface area contributed by atoms with E-state index in [-0.39, 0.29) is 0 Å². The molecule has 1 heterocycles. The second-order valence-electron chi connectivity index (χ2n) is 4.06. The SMILES string of the molecule is Brc1ccccc1-c1nccc(C2CC2)n1. The van der Waals surface area contributed by atoms with Gasteiger partial charge >= 0.3 is 0 Å². The average Bonchev–Trinajstić information content (AvgIpc) is 3.14. The van der Waals surface area contributed by atoms with Gasteiger partial charge in [-0.3, -0.25) is 0 Å². The Balaban J connectivity index is 2.05. The molecule has 0 spiro atoms. The van der Waals surface area contributed by atoms with Crippen LogP contribution in [-0.4, -0.2) is 9.97 Å². The monoisotopic (exact) mass is 274 g/mol. The van der Waals surface area contributed by atoms with Crippen LogP contribution in [0.1, 0.15) is 24.5 Å². The summed E-state index contributed by atoms with van der Waals surface area (Å²) in [6, 6.07) is 10.1. The van der Waals surface area contributed by atoms with Crippen LogP contribution in [-0.2, 0) is 0 Å². The van der Waals surface area contributed by atoms with E-state index in [1.807, 2.05) is 36.5 Å². The van der Waals surface area contributed by atoms with E-state index in [0.29, 0.717) is 5.92 Å². The standard InChI is InChI=1S/C13H11BrN2/c14-11-4-2-1-3-10(11)13-15-8-7-12(16-13)9-5-6-9/h1-4,7-9H,5-6H2. The Morgan fingerprint density at radius 1 is 1.12 bits per heavy atom. The molecule has 0 saturated heterocycles. The predicted molar refractivity (Wildman–Crippen MR) is 67.1 cm³/mol. The summed E-state index contributed by atoms with van der Waals surface area (Å²) < 4.78 is 1.04. The summed E-state index contributed by atoms with van der Waals surface area (Å²) in [5, 5.41) is 0. The van der Waals surface area contributed by atoms with E-state index in [2.05, 4.69) is 25.9 Å². The maximum absolute atomic E-state index is 4.62. The highest BCUT2D eigenvalue weighted by Crippen LogP contribution is 2.39. The fourth-order valence-electron chi connectivity index (χ4n) is 1.75. The van der Waals surface area contributed by atoms with Crippen molar-refractivity contribution in [1.29, 1.82) is 0 Å². The van der Waals surface area contributed by atoms with Crippen molar-refractivity contribution in [2.45, 2.75) is 18.8 Å². The molecule has 1 saturated carbocycles. The number of nitrogens with zero attached hydrogens (tertiary/aromatic N) is 2. The van der Waals surface area contributed by atoms with Crippen LogP contribution >= 0.6 is 15.9 Å². The summed E-state index contributed by atoms with van der Waals surface area (Å²) in [4.78, 5) is 8.96. The maximum atomic E-state index is 4.62. The molecule has 80 valence electrons. The van der Waals surface area contributed by atoms with Crippen LogP contribution in [0.25, 0.3) is 11.4 Å². The first kappa shape index (κ1) is 9.97. The van der Waals surface area contributed by atoms with Crippen molar-refractivity contribution in [3.8, 4) is 11.4 Å². The fraction of sp³-hybridized carbons (Fsp3) is 0.231. The molecule has 3 heteroatoms. The number of hydrogen-bond donors (Lipinski definition) is 0. The van der Waals surface area contributed by atoms with Crippen LogP contribution in [0.2, 0.25) is 0 Å². The highest BCUT2D eigenvalue weighted by molar-refractivity contribution is 9.10. The van der Waals surface area contributed by atoms with Crippen molar-refractivity contribution in [3.63, 3.8) is 0 Å². The van der Waals surface area contributed by atoms with Gasteiger partial charge in [0.2, 0.25) is 0 Å². The van der Waals surface area contributed by atoms with Gasteiger partial charge in [-0.25, -0.2) is 9.97 Å². The van der Waals surface area contributed by atoms with E-state index in [9.17, 15) is 0 Å². The summed E-state index contributed by atoms with van der Waals surface area (Å²) in [6.45, 7) is 0. The first-order chi connectivity index (χ1) is 7.84. The molecule has 1 aromatic carbocycles. The first-order valence-electron chi connectivity index (χ1n) is 5.42. The van der Waals surface area contributed by atoms with Gasteiger partial charge in [-0.2, -0.15) is 0 Å². The Bertz CT molecular complexity index is 521. The lowest BCUT2D eigenvalue weighted by Crippen LogP contribution is -1.93. The molecular weight excluding hydrogens is 264 g/mol. The Hall–Kier alpha value is -1.22. The zero-order chi connectivity index (χ0) is 11.0. The van der Waals surface area contributed by atoms with E-state index < -0.39 is 0 Å². The van der Waals surface area contributed by atoms with Crippen LogP contribution in [0.5, 0.6) is 0 Å². The normalized spacial score (nSPS) is 15.1. The van der Waals surface area contributed by atoms with Gasteiger partial charge in [-0.15, -0.1) is 0 Å². The lowest BCUT2D eigenvalue weighted by atomic mass is 10.2. The number of hydrogen-bond acceptors (Lipinski definition) is 2. The van der Waals surface area contributed by atoms with Gasteiger partial charge in [0.05, 0.1) is 0 Å². The molecule has 0 radical (unpaired) electrons. The third-order valence-electron chi connectivity index (χ3n) is 2.79. The van der Waals surface area contributed by atoms with Crippen molar-refractivity contribution in [2.75, 3.05) is 0 Å². The van der Waals surface area contributed by atoms with Gasteiger partial charge in [0.1, 0.15) is 0 Å². The van der Waals surface area contributed by atoms with E-state index in [4.69, 9.17) is 0 Å². The third-order valence-corrected chi connectivity index (χ3v) is 3.48. The summed E-state index contributed by atoms with van der Waals surface area (Å²) >= 11 is 3.53. The summed E-state index contributed by atoms with van der Waals surface area (Å²) in [5.41, 5.74) is 2.24. The van der Waals surface area contributed by atoms with Crippen molar-refractivity contribution >= 4 is 15.9 Å². The Morgan fingerprint density at radius 2 is 1.94 bits per heavy atom. The smallest absolute Gasteiger partial charge is 0.160 e. The molecule has 16 heavy (non-hydrogen) atoms. The highest BCUT2D eigenvalue weighted by Gasteiger charge is 2.25. The molecule has 1 aliphatic rings. The number of halogens is 1. The molecule has 0 amide bonds. The van der Waals surface area contributed by atoms with Crippen LogP contribution in [0.3, 0.4) is 0 Å². The molecule has 1 aliphatic carbocycles. The first-order valence-corrected chi connectivity index (χ1v) is 6.22. The highest BCUT2D eigenvalue weighted by atomic mass is 79.9. The fourth-order valence-corrected chi connectivity index (χ4v) is 2.21. The number of rotatable bonds is 2. The largest absolute Gasteiger partial charge is 0.237 e. The maximum Gasteiger partial charge on any atom is 0.160 e. The summed E-state index contributed by atoms with van der Waals surface area (Å²) in [5.74, 6) is 1.49. The molecular formula is C13H11BrN2. The molecule has 0 N–H and O–H groups in total. The second-order valence-corrected chi connectivity index (χ2v) is 4.91. The second kappa shape index (κ2) is 3.98. The van der Waals surface area contributed by atoms with E-state index >= 15 is 0 Å². The van der Waals surface area contributed by atoms with E-state index in [1.165, 1.54) is 18.5 Å². The van der Waals surface area contributed by atoms with E-state index in [1.54, 1.807) is 0 Å². The molecule has 0 aliphatic heterocycles. The number of benzene rings is 1. The van der Waals surface area contributed by atoms with Crippen molar-refractivity contribution < 1.29 is 0 Å². The van der Waals surface area contributed by atoms with Crippen LogP contribution in [0.4, 0.5) is 0 Å². The Morgan fingerprint density at radius 3 is 2.69 bits per heavy atom. The molecule has 0 bridgehead atoms. The van der Waals surface area contributed by atoms with Crippen LogP contribution in [0.15, 0.2) is 41.0 Å². The lowest BCUT2D eigenvalue weighted by Gasteiger charge is -2.04. The molecule has 1 fully saturated rings. The molecule has 2 nitrogen and oxygen atoms in total. The van der Waals surface area contributed by atoms with Crippen LogP contribution < -0.4 is 0 Å². The van der Waals surface area contributed by atoms with E-state index in [0.717, 1.165) is 15.9 Å². The van der Waals surface area contributed by atoms with Gasteiger partial charge in [0, 0.05) is 27.8 Å². The van der Waals surface area contributed by atoms with Gasteiger partial charge in [-0.05, 0) is 25.0 Å². The minimum Gasteiger partial charge on any atom is -0.237 e. The third kappa shape index (κ3) is 1.87. The minimum atomic E-state index is 0.671. The molecule has 1 aromatic heterocycles. The lowest BCUT2D eigenvalue weighted by molar-refractivity contribution is 0.993.